The minimum absolute atomic E-state index is 0.116. The van der Waals surface area contributed by atoms with E-state index in [1.54, 1.807) is 0 Å². The number of aromatic nitrogens is 1. The Morgan fingerprint density at radius 2 is 1.84 bits per heavy atom. The Morgan fingerprint density at radius 3 is 2.36 bits per heavy atom. The number of allylic oxidation sites excluding steroid dienone is 2. The highest BCUT2D eigenvalue weighted by atomic mass is 19.4. The van der Waals surface area contributed by atoms with Gasteiger partial charge in [-0.15, -0.1) is 0 Å². The van der Waals surface area contributed by atoms with Crippen LogP contribution >= 0.6 is 0 Å². The van der Waals surface area contributed by atoms with Gasteiger partial charge in [0.25, 0.3) is 0 Å². The molecule has 2 bridgehead atoms. The summed E-state index contributed by atoms with van der Waals surface area (Å²) >= 11 is 0. The number of hydrogen-bond donors (Lipinski definition) is 0. The summed E-state index contributed by atoms with van der Waals surface area (Å²) in [5.41, 5.74) is -0.741. The van der Waals surface area contributed by atoms with Crippen molar-refractivity contribution in [1.82, 2.24) is 9.88 Å². The van der Waals surface area contributed by atoms with E-state index in [1.165, 1.54) is 6.07 Å². The first kappa shape index (κ1) is 16.4. The van der Waals surface area contributed by atoms with Gasteiger partial charge >= 0.3 is 6.18 Å². The van der Waals surface area contributed by atoms with E-state index in [1.807, 2.05) is 9.80 Å². The summed E-state index contributed by atoms with van der Waals surface area (Å²) in [5, 5.41) is 0. The Morgan fingerprint density at radius 1 is 1.08 bits per heavy atom. The van der Waals surface area contributed by atoms with Crippen LogP contribution in [0.3, 0.4) is 0 Å². The predicted molar refractivity (Wildman–Crippen MR) is 86.9 cm³/mol. The largest absolute Gasteiger partial charge is 0.417 e. The molecule has 3 aliphatic rings. The van der Waals surface area contributed by atoms with Gasteiger partial charge < -0.3 is 9.80 Å². The number of anilines is 1. The summed E-state index contributed by atoms with van der Waals surface area (Å²) in [4.78, 5) is 20.5. The summed E-state index contributed by atoms with van der Waals surface area (Å²) in [6.45, 7) is 2.39. The van der Waals surface area contributed by atoms with Crippen LogP contribution in [0.5, 0.6) is 0 Å². The number of alkyl halides is 3. The Balaban J connectivity index is 1.35. The molecule has 1 saturated heterocycles. The van der Waals surface area contributed by atoms with Crippen molar-refractivity contribution in [3.8, 4) is 0 Å². The lowest BCUT2D eigenvalue weighted by molar-refractivity contribution is -0.138. The number of carbonyl (C=O) groups excluding carboxylic acids is 1. The standard InChI is InChI=1S/C18H20F3N3O/c19-18(20,21)14-3-4-16(22-11-14)23-5-7-24(8-6-23)17(25)15-10-12-1-2-13(15)9-12/h1-4,11-13,15H,5-10H2/t12-,13-,15-/m0/s1. The van der Waals surface area contributed by atoms with E-state index in [0.717, 1.165) is 25.1 Å². The van der Waals surface area contributed by atoms with Gasteiger partial charge in [0.1, 0.15) is 5.82 Å². The zero-order chi connectivity index (χ0) is 17.6. The van der Waals surface area contributed by atoms with Gasteiger partial charge in [-0.3, -0.25) is 4.79 Å². The third-order valence-electron chi connectivity index (χ3n) is 5.59. The number of carbonyl (C=O) groups is 1. The zero-order valence-electron chi connectivity index (χ0n) is 13.7. The third-order valence-corrected chi connectivity index (χ3v) is 5.59. The molecular weight excluding hydrogens is 331 g/mol. The third kappa shape index (κ3) is 3.12. The molecule has 3 atom stereocenters. The molecule has 1 aromatic rings. The molecule has 1 aromatic heterocycles. The fourth-order valence-corrected chi connectivity index (χ4v) is 4.20. The van der Waals surface area contributed by atoms with Crippen molar-refractivity contribution in [3.05, 3.63) is 36.0 Å². The van der Waals surface area contributed by atoms with Crippen molar-refractivity contribution in [2.75, 3.05) is 31.1 Å². The highest BCUT2D eigenvalue weighted by Gasteiger charge is 2.42. The van der Waals surface area contributed by atoms with E-state index >= 15 is 0 Å². The summed E-state index contributed by atoms with van der Waals surface area (Å²) in [5.74, 6) is 1.84. The predicted octanol–water partition coefficient (Wildman–Crippen LogP) is 2.96. The molecule has 1 saturated carbocycles. The summed E-state index contributed by atoms with van der Waals surface area (Å²) in [6, 6.07) is 2.46. The Kier molecular flexibility index (Phi) is 3.96. The van der Waals surface area contributed by atoms with Crippen LogP contribution in [0.1, 0.15) is 18.4 Å². The highest BCUT2D eigenvalue weighted by Crippen LogP contribution is 2.44. The fraction of sp³-hybridized carbons (Fsp3) is 0.556. The fourth-order valence-electron chi connectivity index (χ4n) is 4.20. The van der Waals surface area contributed by atoms with Crippen LogP contribution in [-0.4, -0.2) is 42.0 Å². The van der Waals surface area contributed by atoms with E-state index in [0.29, 0.717) is 43.8 Å². The number of nitrogens with zero attached hydrogens (tertiary/aromatic N) is 3. The number of amides is 1. The lowest BCUT2D eigenvalue weighted by Gasteiger charge is -2.37. The molecule has 0 radical (unpaired) electrons. The molecule has 0 spiro atoms. The molecule has 2 heterocycles. The van der Waals surface area contributed by atoms with Gasteiger partial charge in [0.15, 0.2) is 0 Å². The second-order valence-electron chi connectivity index (χ2n) is 7.10. The Bertz CT molecular complexity index is 678. The van der Waals surface area contributed by atoms with Gasteiger partial charge in [-0.2, -0.15) is 13.2 Å². The van der Waals surface area contributed by atoms with E-state index in [4.69, 9.17) is 0 Å². The summed E-state index contributed by atoms with van der Waals surface area (Å²) in [7, 11) is 0. The van der Waals surface area contributed by atoms with Gasteiger partial charge in [-0.25, -0.2) is 4.98 Å². The smallest absolute Gasteiger partial charge is 0.353 e. The SMILES string of the molecule is O=C([C@H]1C[C@H]2C=C[C@H]1C2)N1CCN(c2ccc(C(F)(F)F)cn2)CC1. The van der Waals surface area contributed by atoms with Gasteiger partial charge in [0, 0.05) is 38.3 Å². The molecular formula is C18H20F3N3O. The first-order valence-corrected chi connectivity index (χ1v) is 8.67. The van der Waals surface area contributed by atoms with Crippen LogP contribution in [0.4, 0.5) is 19.0 Å². The molecule has 7 heteroatoms. The molecule has 1 aliphatic heterocycles. The Hall–Kier alpha value is -2.05. The second-order valence-corrected chi connectivity index (χ2v) is 7.10. The molecule has 25 heavy (non-hydrogen) atoms. The highest BCUT2D eigenvalue weighted by molar-refractivity contribution is 5.80. The summed E-state index contributed by atoms with van der Waals surface area (Å²) < 4.78 is 37.8. The minimum Gasteiger partial charge on any atom is -0.353 e. The van der Waals surface area contributed by atoms with Crippen molar-refractivity contribution in [2.24, 2.45) is 17.8 Å². The van der Waals surface area contributed by atoms with Crippen LogP contribution in [0, 0.1) is 17.8 Å². The van der Waals surface area contributed by atoms with Crippen molar-refractivity contribution < 1.29 is 18.0 Å². The number of rotatable bonds is 2. The molecule has 2 fully saturated rings. The van der Waals surface area contributed by atoms with Crippen molar-refractivity contribution >= 4 is 11.7 Å². The number of pyridine rings is 1. The second kappa shape index (κ2) is 6.04. The summed E-state index contributed by atoms with van der Waals surface area (Å²) in [6.07, 6.45) is 2.97. The first-order valence-electron chi connectivity index (χ1n) is 8.67. The number of fused-ring (bicyclic) bond motifs is 2. The number of piperazine rings is 1. The molecule has 1 amide bonds. The topological polar surface area (TPSA) is 36.4 Å². The quantitative estimate of drug-likeness (QED) is 0.769. The minimum atomic E-state index is -4.37. The van der Waals surface area contributed by atoms with Gasteiger partial charge in [0.05, 0.1) is 5.56 Å². The first-order chi connectivity index (χ1) is 11.9. The lowest BCUT2D eigenvalue weighted by Crippen LogP contribution is -2.51. The van der Waals surface area contributed by atoms with Crippen LogP contribution in [0.2, 0.25) is 0 Å². The molecule has 0 unspecified atom stereocenters. The average Bonchev–Trinajstić information content (AvgIpc) is 3.24. The zero-order valence-corrected chi connectivity index (χ0v) is 13.7. The molecule has 4 nitrogen and oxygen atoms in total. The molecule has 0 aromatic carbocycles. The maximum Gasteiger partial charge on any atom is 0.417 e. The number of hydrogen-bond acceptors (Lipinski definition) is 3. The van der Waals surface area contributed by atoms with Crippen LogP contribution in [0.15, 0.2) is 30.5 Å². The van der Waals surface area contributed by atoms with E-state index in [9.17, 15) is 18.0 Å². The molecule has 134 valence electrons. The molecule has 4 rings (SSSR count). The lowest BCUT2D eigenvalue weighted by atomic mass is 9.92. The normalized spacial score (nSPS) is 28.7. The van der Waals surface area contributed by atoms with Gasteiger partial charge in [-0.05, 0) is 36.8 Å². The van der Waals surface area contributed by atoms with Crippen LogP contribution in [-0.2, 0) is 11.0 Å². The molecule has 2 aliphatic carbocycles. The van der Waals surface area contributed by atoms with Crippen LogP contribution in [0.25, 0.3) is 0 Å². The van der Waals surface area contributed by atoms with Crippen molar-refractivity contribution in [3.63, 3.8) is 0 Å². The Labute approximate surface area is 144 Å². The average molecular weight is 351 g/mol. The van der Waals surface area contributed by atoms with Crippen molar-refractivity contribution in [2.45, 2.75) is 19.0 Å². The number of halogens is 3. The van der Waals surface area contributed by atoms with E-state index in [-0.39, 0.29) is 11.8 Å². The van der Waals surface area contributed by atoms with Crippen LogP contribution < -0.4 is 4.90 Å². The maximum atomic E-state index is 12.7. The maximum absolute atomic E-state index is 12.7. The molecule has 0 N–H and O–H groups in total. The van der Waals surface area contributed by atoms with Gasteiger partial charge in [0.2, 0.25) is 5.91 Å². The van der Waals surface area contributed by atoms with E-state index < -0.39 is 11.7 Å². The monoisotopic (exact) mass is 351 g/mol. The van der Waals surface area contributed by atoms with Gasteiger partial charge in [-0.1, -0.05) is 12.2 Å². The van der Waals surface area contributed by atoms with Crippen molar-refractivity contribution in [1.29, 1.82) is 0 Å². The van der Waals surface area contributed by atoms with E-state index in [2.05, 4.69) is 17.1 Å².